The number of nitro benzene ring substituents is 1. The van der Waals surface area contributed by atoms with E-state index in [1.807, 2.05) is 0 Å². The van der Waals surface area contributed by atoms with Gasteiger partial charge in [0.2, 0.25) is 5.91 Å². The van der Waals surface area contributed by atoms with Gasteiger partial charge in [0, 0.05) is 31.0 Å². The summed E-state index contributed by atoms with van der Waals surface area (Å²) in [6, 6.07) is 4.22. The van der Waals surface area contributed by atoms with E-state index in [1.165, 1.54) is 30.2 Å². The lowest BCUT2D eigenvalue weighted by Gasteiger charge is -2.18. The van der Waals surface area contributed by atoms with Crippen LogP contribution in [0.15, 0.2) is 30.9 Å². The van der Waals surface area contributed by atoms with Gasteiger partial charge in [-0.05, 0) is 6.07 Å². The van der Waals surface area contributed by atoms with Crippen molar-refractivity contribution < 1.29 is 14.5 Å². The Hall–Kier alpha value is -2.37. The van der Waals surface area contributed by atoms with Gasteiger partial charge in [0.1, 0.15) is 5.75 Å². The van der Waals surface area contributed by atoms with Gasteiger partial charge in [0.05, 0.1) is 17.7 Å². The number of non-ortho nitro benzene ring substituents is 1. The molecule has 6 heteroatoms. The van der Waals surface area contributed by atoms with Gasteiger partial charge in [-0.15, -0.1) is 6.58 Å². The lowest BCUT2D eigenvalue weighted by Crippen LogP contribution is -2.25. The molecule has 0 bridgehead atoms. The first-order valence-corrected chi connectivity index (χ1v) is 5.82. The average molecular weight is 262 g/mol. The van der Waals surface area contributed by atoms with Gasteiger partial charge in [-0.25, -0.2) is 0 Å². The molecule has 1 amide bonds. The molecule has 0 saturated carbocycles. The highest BCUT2D eigenvalue weighted by molar-refractivity contribution is 5.97. The number of anilines is 1. The minimum atomic E-state index is -0.492. The van der Waals surface area contributed by atoms with Crippen LogP contribution in [0.5, 0.6) is 5.75 Å². The number of ether oxygens (including phenoxy) is 1. The van der Waals surface area contributed by atoms with E-state index in [4.69, 9.17) is 4.74 Å². The molecular formula is C13H14N2O4. The maximum absolute atomic E-state index is 11.9. The lowest BCUT2D eigenvalue weighted by molar-refractivity contribution is -0.384. The lowest BCUT2D eigenvalue weighted by atomic mass is 10.1. The van der Waals surface area contributed by atoms with Gasteiger partial charge in [-0.1, -0.05) is 6.08 Å². The summed E-state index contributed by atoms with van der Waals surface area (Å²) >= 11 is 0. The molecule has 1 atom stereocenters. The highest BCUT2D eigenvalue weighted by Gasteiger charge is 2.31. The molecule has 0 aliphatic carbocycles. The zero-order valence-corrected chi connectivity index (χ0v) is 10.5. The van der Waals surface area contributed by atoms with Crippen molar-refractivity contribution in [2.75, 3.05) is 18.6 Å². The van der Waals surface area contributed by atoms with Crippen molar-refractivity contribution in [2.24, 2.45) is 5.92 Å². The summed E-state index contributed by atoms with van der Waals surface area (Å²) in [7, 11) is 1.47. The number of methoxy groups -OCH3 is 1. The third kappa shape index (κ3) is 2.42. The standard InChI is InChI=1S/C13H14N2O4/c1-3-9-6-13(16)14(8-9)11-7-10(15(17)18)4-5-12(11)19-2/h3-5,7,9H,1,6,8H2,2H3. The summed E-state index contributed by atoms with van der Waals surface area (Å²) < 4.78 is 5.17. The highest BCUT2D eigenvalue weighted by atomic mass is 16.6. The fourth-order valence-electron chi connectivity index (χ4n) is 2.13. The number of nitro groups is 1. The summed E-state index contributed by atoms with van der Waals surface area (Å²) in [5.74, 6) is 0.434. The Morgan fingerprint density at radius 3 is 2.84 bits per heavy atom. The molecule has 0 aromatic heterocycles. The zero-order valence-electron chi connectivity index (χ0n) is 10.5. The molecule has 6 nitrogen and oxygen atoms in total. The molecule has 100 valence electrons. The van der Waals surface area contributed by atoms with E-state index >= 15 is 0 Å². The molecule has 2 rings (SSSR count). The Morgan fingerprint density at radius 2 is 2.32 bits per heavy atom. The van der Waals surface area contributed by atoms with Crippen LogP contribution in [-0.2, 0) is 4.79 Å². The summed E-state index contributed by atoms with van der Waals surface area (Å²) in [6.45, 7) is 4.15. The molecule has 0 radical (unpaired) electrons. The molecule has 1 aromatic rings. The number of rotatable bonds is 4. The zero-order chi connectivity index (χ0) is 14.0. The second-order valence-electron chi connectivity index (χ2n) is 4.32. The number of nitrogens with zero attached hydrogens (tertiary/aromatic N) is 2. The number of carbonyl (C=O) groups is 1. The molecule has 1 aromatic carbocycles. The molecule has 1 saturated heterocycles. The van der Waals surface area contributed by atoms with Gasteiger partial charge < -0.3 is 9.64 Å². The first kappa shape index (κ1) is 13.1. The Morgan fingerprint density at radius 1 is 1.58 bits per heavy atom. The van der Waals surface area contributed by atoms with Crippen LogP contribution >= 0.6 is 0 Å². The van der Waals surface area contributed by atoms with E-state index in [0.29, 0.717) is 24.4 Å². The normalized spacial score (nSPS) is 18.5. The third-order valence-electron chi connectivity index (χ3n) is 3.15. The minimum Gasteiger partial charge on any atom is -0.495 e. The molecule has 0 N–H and O–H groups in total. The molecule has 0 spiro atoms. The molecule has 19 heavy (non-hydrogen) atoms. The summed E-state index contributed by atoms with van der Waals surface area (Å²) in [5.41, 5.74) is 0.372. The smallest absolute Gasteiger partial charge is 0.271 e. The van der Waals surface area contributed by atoms with Crippen molar-refractivity contribution in [3.8, 4) is 5.75 Å². The van der Waals surface area contributed by atoms with Crippen LogP contribution in [0.25, 0.3) is 0 Å². The topological polar surface area (TPSA) is 72.7 Å². The number of hydrogen-bond donors (Lipinski definition) is 0. The summed E-state index contributed by atoms with van der Waals surface area (Å²) in [4.78, 5) is 23.8. The third-order valence-corrected chi connectivity index (χ3v) is 3.15. The Balaban J connectivity index is 2.42. The van der Waals surface area contributed by atoms with Crippen LogP contribution in [0.1, 0.15) is 6.42 Å². The van der Waals surface area contributed by atoms with E-state index in [2.05, 4.69) is 6.58 Å². The maximum atomic E-state index is 11.9. The van der Waals surface area contributed by atoms with Crippen molar-refractivity contribution in [1.82, 2.24) is 0 Å². The van der Waals surface area contributed by atoms with Crippen LogP contribution in [0.3, 0.4) is 0 Å². The Bertz CT molecular complexity index is 541. The second kappa shape index (κ2) is 5.09. The second-order valence-corrected chi connectivity index (χ2v) is 4.32. The number of amides is 1. The van der Waals surface area contributed by atoms with Crippen molar-refractivity contribution >= 4 is 17.3 Å². The average Bonchev–Trinajstić information content (AvgIpc) is 2.79. The maximum Gasteiger partial charge on any atom is 0.271 e. The predicted molar refractivity (Wildman–Crippen MR) is 70.3 cm³/mol. The Labute approximate surface area is 110 Å². The largest absolute Gasteiger partial charge is 0.495 e. The molecule has 1 aliphatic rings. The van der Waals surface area contributed by atoms with Crippen molar-refractivity contribution in [3.05, 3.63) is 41.0 Å². The van der Waals surface area contributed by atoms with E-state index in [-0.39, 0.29) is 17.5 Å². The Kier molecular flexibility index (Phi) is 3.50. The minimum absolute atomic E-state index is 0.0642. The first-order valence-electron chi connectivity index (χ1n) is 5.82. The highest BCUT2D eigenvalue weighted by Crippen LogP contribution is 2.35. The SMILES string of the molecule is C=CC1CC(=O)N(c2cc([N+](=O)[O-])ccc2OC)C1. The van der Waals surface area contributed by atoms with Crippen molar-refractivity contribution in [1.29, 1.82) is 0 Å². The fraction of sp³-hybridized carbons (Fsp3) is 0.308. The van der Waals surface area contributed by atoms with E-state index in [9.17, 15) is 14.9 Å². The number of benzene rings is 1. The molecule has 1 aliphatic heterocycles. The molecule has 1 heterocycles. The molecule has 1 fully saturated rings. The van der Waals surface area contributed by atoms with Gasteiger partial charge in [-0.2, -0.15) is 0 Å². The van der Waals surface area contributed by atoms with Crippen LogP contribution in [-0.4, -0.2) is 24.5 Å². The van der Waals surface area contributed by atoms with Crippen LogP contribution in [0.2, 0.25) is 0 Å². The fourth-order valence-corrected chi connectivity index (χ4v) is 2.13. The molecule has 1 unspecified atom stereocenters. The molecular weight excluding hydrogens is 248 g/mol. The number of hydrogen-bond acceptors (Lipinski definition) is 4. The van der Waals surface area contributed by atoms with Crippen molar-refractivity contribution in [3.63, 3.8) is 0 Å². The van der Waals surface area contributed by atoms with E-state index < -0.39 is 4.92 Å². The summed E-state index contributed by atoms with van der Waals surface area (Å²) in [5, 5.41) is 10.8. The van der Waals surface area contributed by atoms with Gasteiger partial charge in [0.25, 0.3) is 5.69 Å². The van der Waals surface area contributed by atoms with Crippen molar-refractivity contribution in [2.45, 2.75) is 6.42 Å². The summed E-state index contributed by atoms with van der Waals surface area (Å²) in [6.07, 6.45) is 2.09. The van der Waals surface area contributed by atoms with E-state index in [0.717, 1.165) is 0 Å². The monoisotopic (exact) mass is 262 g/mol. The van der Waals surface area contributed by atoms with Crippen LogP contribution < -0.4 is 9.64 Å². The van der Waals surface area contributed by atoms with Gasteiger partial charge in [0.15, 0.2) is 0 Å². The van der Waals surface area contributed by atoms with Crippen LogP contribution in [0, 0.1) is 16.0 Å². The van der Waals surface area contributed by atoms with Crippen LogP contribution in [0.4, 0.5) is 11.4 Å². The quantitative estimate of drug-likeness (QED) is 0.473. The van der Waals surface area contributed by atoms with Gasteiger partial charge in [-0.3, -0.25) is 14.9 Å². The van der Waals surface area contributed by atoms with E-state index in [1.54, 1.807) is 6.08 Å². The van der Waals surface area contributed by atoms with Gasteiger partial charge >= 0.3 is 0 Å². The predicted octanol–water partition coefficient (Wildman–Crippen LogP) is 2.14. The first-order chi connectivity index (χ1) is 9.06. The number of carbonyl (C=O) groups excluding carboxylic acids is 1.